The van der Waals surface area contributed by atoms with Gasteiger partial charge in [0.15, 0.2) is 11.6 Å². The first kappa shape index (κ1) is 50.5. The second-order valence-corrected chi connectivity index (χ2v) is 14.9. The van der Waals surface area contributed by atoms with E-state index < -0.39 is 24.3 Å². The number of nitrogens with one attached hydrogen (secondary N) is 4. The number of carboxylic acids is 2. The maximum Gasteiger partial charge on any atom is 0.430 e. The van der Waals surface area contributed by atoms with Crippen molar-refractivity contribution in [2.45, 2.75) is 76.6 Å². The third kappa shape index (κ3) is 15.2. The van der Waals surface area contributed by atoms with E-state index >= 15 is 0 Å². The van der Waals surface area contributed by atoms with E-state index in [0.29, 0.717) is 23.2 Å². The van der Waals surface area contributed by atoms with Crippen LogP contribution in [0.2, 0.25) is 0 Å². The van der Waals surface area contributed by atoms with E-state index in [9.17, 15) is 55.1 Å². The second kappa shape index (κ2) is 22.8. The molecule has 0 radical (unpaired) electrons. The molecule has 0 atom stereocenters. The standard InChI is InChI=1S/C36H46N6O6.2C2HF3O2/c37-19-21-1-5-23(6-2-21)35(47)39-15-13-31(43)41-25-9-11-27-29(17-25)33(45)28-12-10-26(18-30(28)34(27)46)42-32(44)14-16-40-36(48)24-7-3-22(20-38)4-8-24;2*3-2(4,5)1(6)7/h9-12,17-18,21-24H,1-8,13-16,19-20,37-38H2,(H,39,47)(H,40,48)(H,41,43)(H,42,44);2*(H,6,7). The average molecular weight is 887 g/mol. The smallest absolute Gasteiger partial charge is 0.430 e. The minimum Gasteiger partial charge on any atom is -0.542 e. The number of carbonyl (C=O) groups is 8. The molecule has 0 aliphatic heterocycles. The highest BCUT2D eigenvalue weighted by Crippen LogP contribution is 2.32. The zero-order valence-corrected chi connectivity index (χ0v) is 33.4. The number of ketones is 2. The van der Waals surface area contributed by atoms with Gasteiger partial charge in [0, 0.05) is 83.2 Å². The summed E-state index contributed by atoms with van der Waals surface area (Å²) in [4.78, 5) is 94.6. The molecule has 2 fully saturated rings. The molecule has 0 bridgehead atoms. The molecule has 3 aliphatic rings. The number of quaternary nitrogens is 2. The van der Waals surface area contributed by atoms with Crippen molar-refractivity contribution in [1.82, 2.24) is 10.6 Å². The number of fused-ring (bicyclic) bond motifs is 2. The largest absolute Gasteiger partial charge is 0.542 e. The Balaban J connectivity index is 0.000000629. The molecule has 22 heteroatoms. The van der Waals surface area contributed by atoms with E-state index in [1.807, 2.05) is 0 Å². The van der Waals surface area contributed by atoms with Crippen molar-refractivity contribution < 1.29 is 86.4 Å². The molecule has 5 rings (SSSR count). The zero-order valence-electron chi connectivity index (χ0n) is 33.4. The van der Waals surface area contributed by atoms with Gasteiger partial charge in [-0.25, -0.2) is 0 Å². The van der Waals surface area contributed by atoms with Crippen molar-refractivity contribution in [3.63, 3.8) is 0 Å². The molecule has 2 saturated carbocycles. The third-order valence-corrected chi connectivity index (χ3v) is 10.6. The van der Waals surface area contributed by atoms with Crippen molar-refractivity contribution >= 4 is 58.5 Å². The molecule has 10 N–H and O–H groups in total. The number of rotatable bonds is 12. The topological polar surface area (TPSA) is 286 Å². The Labute approximate surface area is 350 Å². The Morgan fingerprint density at radius 1 is 0.548 bits per heavy atom. The molecule has 4 amide bonds. The normalized spacial score (nSPS) is 19.4. The van der Waals surface area contributed by atoms with Crippen molar-refractivity contribution in [3.8, 4) is 0 Å². The quantitative estimate of drug-likeness (QED) is 0.133. The number of anilines is 2. The van der Waals surface area contributed by atoms with Crippen molar-refractivity contribution in [2.75, 3.05) is 36.8 Å². The third-order valence-electron chi connectivity index (χ3n) is 10.6. The molecule has 0 unspecified atom stereocenters. The van der Waals surface area contributed by atoms with Gasteiger partial charge in [-0.3, -0.25) is 28.8 Å². The molecule has 62 heavy (non-hydrogen) atoms. The number of hydrogen-bond acceptors (Lipinski definition) is 10. The van der Waals surface area contributed by atoms with Gasteiger partial charge in [-0.1, -0.05) is 0 Å². The Kier molecular flexibility index (Phi) is 18.6. The van der Waals surface area contributed by atoms with E-state index in [1.54, 1.807) is 12.1 Å². The number of alkyl halides is 6. The number of benzene rings is 2. The molecule has 0 saturated heterocycles. The van der Waals surface area contributed by atoms with Gasteiger partial charge in [0.25, 0.3) is 0 Å². The summed E-state index contributed by atoms with van der Waals surface area (Å²) >= 11 is 0. The van der Waals surface area contributed by atoms with Crippen LogP contribution in [-0.4, -0.2) is 85.7 Å². The highest BCUT2D eigenvalue weighted by molar-refractivity contribution is 6.29. The number of carboxylic acid groups (broad SMARTS) is 2. The minimum absolute atomic E-state index is 0.0206. The van der Waals surface area contributed by atoms with E-state index in [4.69, 9.17) is 19.8 Å². The van der Waals surface area contributed by atoms with E-state index in [2.05, 4.69) is 32.7 Å². The number of halogens is 6. The highest BCUT2D eigenvalue weighted by atomic mass is 19.4. The first-order chi connectivity index (χ1) is 29.0. The first-order valence-electron chi connectivity index (χ1n) is 19.7. The van der Waals surface area contributed by atoms with Gasteiger partial charge >= 0.3 is 12.4 Å². The molecule has 340 valence electrons. The summed E-state index contributed by atoms with van der Waals surface area (Å²) in [5, 5.41) is 28.8. The predicted octanol–water partition coefficient (Wildman–Crippen LogP) is 0.0454. The lowest BCUT2D eigenvalue weighted by molar-refractivity contribution is -0.381. The van der Waals surface area contributed by atoms with Crippen LogP contribution >= 0.6 is 0 Å². The molecular weight excluding hydrogens is 838 g/mol. The van der Waals surface area contributed by atoms with Crippen LogP contribution in [0.1, 0.15) is 96.1 Å². The Morgan fingerprint density at radius 2 is 0.855 bits per heavy atom. The molecule has 0 aromatic heterocycles. The SMILES string of the molecule is O=C([O-])C(F)(F)F.O=C([O-])C(F)(F)F.[NH3+]CC1CCC(C(=O)NCCC(=O)Nc2ccc3c(c2)C(=O)c2ccc(NC(=O)CCNC(=O)C4CCC(C[NH3+])CC4)cc2C3=O)CC1. The maximum atomic E-state index is 13.4. The number of hydrogen-bond donors (Lipinski definition) is 6. The molecule has 16 nitrogen and oxygen atoms in total. The lowest BCUT2D eigenvalue weighted by Gasteiger charge is -2.25. The summed E-state index contributed by atoms with van der Waals surface area (Å²) in [6, 6.07) is 9.15. The Bertz CT molecular complexity index is 1840. The van der Waals surface area contributed by atoms with Gasteiger partial charge < -0.3 is 52.5 Å². The summed E-state index contributed by atoms with van der Waals surface area (Å²) < 4.78 is 63.1. The van der Waals surface area contributed by atoms with Gasteiger partial charge in [-0.05, 0) is 87.8 Å². The molecule has 2 aromatic carbocycles. The molecule has 0 heterocycles. The van der Waals surface area contributed by atoms with Gasteiger partial charge in [0.05, 0.1) is 13.1 Å². The van der Waals surface area contributed by atoms with Gasteiger partial charge in [-0.2, -0.15) is 26.3 Å². The highest BCUT2D eigenvalue weighted by Gasteiger charge is 2.32. The summed E-state index contributed by atoms with van der Waals surface area (Å²) in [5.74, 6) is -6.27. The van der Waals surface area contributed by atoms with E-state index in [-0.39, 0.29) is 95.2 Å². The number of aliphatic carboxylic acids is 2. The lowest BCUT2D eigenvalue weighted by Crippen LogP contribution is -2.54. The zero-order chi connectivity index (χ0) is 46.4. The maximum absolute atomic E-state index is 13.4. The second-order valence-electron chi connectivity index (χ2n) is 14.9. The molecule has 2 aromatic rings. The fourth-order valence-corrected chi connectivity index (χ4v) is 7.07. The van der Waals surface area contributed by atoms with E-state index in [1.165, 1.54) is 24.3 Å². The van der Waals surface area contributed by atoms with Crippen molar-refractivity contribution in [2.24, 2.45) is 23.7 Å². The lowest BCUT2D eigenvalue weighted by atomic mass is 9.81. The molecule has 0 spiro atoms. The van der Waals surface area contributed by atoms with Gasteiger partial charge in [-0.15, -0.1) is 0 Å². The van der Waals surface area contributed by atoms with Crippen molar-refractivity contribution in [1.29, 1.82) is 0 Å². The summed E-state index contributed by atoms with van der Waals surface area (Å²) in [7, 11) is 0. The number of carbonyl (C=O) groups excluding carboxylic acids is 8. The summed E-state index contributed by atoms with van der Waals surface area (Å²) in [6.45, 7) is 2.21. The summed E-state index contributed by atoms with van der Waals surface area (Å²) in [5.41, 5.74) is 9.46. The van der Waals surface area contributed by atoms with Crippen LogP contribution in [0.4, 0.5) is 37.7 Å². The van der Waals surface area contributed by atoms with Gasteiger partial charge in [0.1, 0.15) is 11.9 Å². The monoisotopic (exact) mass is 886 g/mol. The minimum atomic E-state index is -5.19. The molecule has 3 aliphatic carbocycles. The Hall–Kier alpha value is -5.90. The average Bonchev–Trinajstić information content (AvgIpc) is 3.22. The first-order valence-corrected chi connectivity index (χ1v) is 19.7. The van der Waals surface area contributed by atoms with Crippen molar-refractivity contribution in [3.05, 3.63) is 58.7 Å². The number of amides is 4. The fourth-order valence-electron chi connectivity index (χ4n) is 7.07. The van der Waals surface area contributed by atoms with Crippen LogP contribution in [0.15, 0.2) is 36.4 Å². The van der Waals surface area contributed by atoms with Crippen LogP contribution in [0.3, 0.4) is 0 Å². The Morgan fingerprint density at radius 3 is 1.13 bits per heavy atom. The van der Waals surface area contributed by atoms with Gasteiger partial charge in [0.2, 0.25) is 23.6 Å². The van der Waals surface area contributed by atoms with Crippen LogP contribution in [0.25, 0.3) is 0 Å². The summed E-state index contributed by atoms with van der Waals surface area (Å²) in [6.07, 6.45) is -2.84. The fraction of sp³-hybridized carbons (Fsp3) is 0.500. The predicted molar refractivity (Wildman–Crippen MR) is 201 cm³/mol. The van der Waals surface area contributed by atoms with Crippen LogP contribution in [-0.2, 0) is 28.8 Å². The van der Waals surface area contributed by atoms with E-state index in [0.717, 1.165) is 64.5 Å². The van der Waals surface area contributed by atoms with Crippen LogP contribution < -0.4 is 42.9 Å². The van der Waals surface area contributed by atoms with Crippen LogP contribution in [0, 0.1) is 23.7 Å². The van der Waals surface area contributed by atoms with Crippen LogP contribution in [0.5, 0.6) is 0 Å². The molecular formula is C40H48F6N6O10.